The molecule has 2 aromatic rings. The molecule has 0 atom stereocenters. The van der Waals surface area contributed by atoms with Gasteiger partial charge in [0.05, 0.1) is 11.8 Å². The molecular formula is C13H11NO4. The number of rotatable bonds is 4. The van der Waals surface area contributed by atoms with Gasteiger partial charge >= 0.3 is 5.97 Å². The monoisotopic (exact) mass is 245 g/mol. The zero-order valence-corrected chi connectivity index (χ0v) is 9.46. The molecule has 1 aromatic heterocycles. The van der Waals surface area contributed by atoms with E-state index in [0.717, 1.165) is 0 Å². The van der Waals surface area contributed by atoms with Crippen LogP contribution in [0, 0.1) is 0 Å². The van der Waals surface area contributed by atoms with Gasteiger partial charge in [-0.1, -0.05) is 18.2 Å². The minimum absolute atomic E-state index is 0.0108. The van der Waals surface area contributed by atoms with Gasteiger partial charge in [0.1, 0.15) is 12.9 Å². The van der Waals surface area contributed by atoms with Gasteiger partial charge in [-0.25, -0.2) is 4.79 Å². The molecule has 0 saturated heterocycles. The summed E-state index contributed by atoms with van der Waals surface area (Å²) in [6, 6.07) is 8.21. The van der Waals surface area contributed by atoms with Gasteiger partial charge in [0.15, 0.2) is 0 Å². The number of hydrogen-bond acceptors (Lipinski definition) is 4. The fourth-order valence-corrected chi connectivity index (χ4v) is 1.49. The number of hydrogen-bond donors (Lipinski definition) is 1. The van der Waals surface area contributed by atoms with E-state index in [1.165, 1.54) is 18.6 Å². The topological polar surface area (TPSA) is 82.5 Å². The highest BCUT2D eigenvalue weighted by Crippen LogP contribution is 2.11. The van der Waals surface area contributed by atoms with Crippen LogP contribution in [-0.2, 0) is 11.3 Å². The Hall–Kier alpha value is -2.56. The zero-order chi connectivity index (χ0) is 13.0. The number of carbonyl (C=O) groups is 2. The molecular weight excluding hydrogens is 234 g/mol. The lowest BCUT2D eigenvalue weighted by Gasteiger charge is -2.06. The second-order valence-corrected chi connectivity index (χ2v) is 3.61. The first-order valence-corrected chi connectivity index (χ1v) is 5.25. The molecule has 2 N–H and O–H groups in total. The minimum atomic E-state index is -0.551. The average molecular weight is 245 g/mol. The molecule has 0 aliphatic heterocycles. The third-order valence-corrected chi connectivity index (χ3v) is 2.40. The van der Waals surface area contributed by atoms with Gasteiger partial charge < -0.3 is 14.9 Å². The molecule has 0 spiro atoms. The van der Waals surface area contributed by atoms with Crippen molar-refractivity contribution in [2.75, 3.05) is 0 Å². The van der Waals surface area contributed by atoms with Gasteiger partial charge in [-0.3, -0.25) is 4.79 Å². The van der Waals surface area contributed by atoms with Gasteiger partial charge in [0.25, 0.3) is 0 Å². The van der Waals surface area contributed by atoms with E-state index in [9.17, 15) is 9.59 Å². The van der Waals surface area contributed by atoms with Gasteiger partial charge in [0, 0.05) is 11.1 Å². The SMILES string of the molecule is NC(=O)c1ccccc1COC(=O)c1ccoc1. The predicted octanol–water partition coefficient (Wildman–Crippen LogP) is 1.74. The second-order valence-electron chi connectivity index (χ2n) is 3.61. The summed E-state index contributed by atoms with van der Waals surface area (Å²) in [5.41, 5.74) is 6.46. The van der Waals surface area contributed by atoms with Gasteiger partial charge in [-0.15, -0.1) is 0 Å². The molecule has 0 fully saturated rings. The van der Waals surface area contributed by atoms with Crippen molar-refractivity contribution < 1.29 is 18.7 Å². The fraction of sp³-hybridized carbons (Fsp3) is 0.0769. The summed E-state index contributed by atoms with van der Waals surface area (Å²) in [5.74, 6) is -1.06. The summed E-state index contributed by atoms with van der Waals surface area (Å²) in [5, 5.41) is 0. The Morgan fingerprint density at radius 3 is 2.67 bits per heavy atom. The van der Waals surface area contributed by atoms with Crippen LogP contribution in [0.5, 0.6) is 0 Å². The summed E-state index contributed by atoms with van der Waals surface area (Å²) in [4.78, 5) is 22.7. The van der Waals surface area contributed by atoms with Gasteiger partial charge in [-0.2, -0.15) is 0 Å². The van der Waals surface area contributed by atoms with Crippen molar-refractivity contribution in [1.82, 2.24) is 0 Å². The molecule has 0 bridgehead atoms. The van der Waals surface area contributed by atoms with E-state index in [1.54, 1.807) is 24.3 Å². The smallest absolute Gasteiger partial charge is 0.341 e. The Morgan fingerprint density at radius 1 is 1.22 bits per heavy atom. The molecule has 1 heterocycles. The van der Waals surface area contributed by atoms with Crippen LogP contribution in [-0.4, -0.2) is 11.9 Å². The Bertz CT molecular complexity index is 560. The first-order chi connectivity index (χ1) is 8.68. The predicted molar refractivity (Wildman–Crippen MR) is 62.8 cm³/mol. The van der Waals surface area contributed by atoms with Crippen molar-refractivity contribution in [2.24, 2.45) is 5.73 Å². The molecule has 5 nitrogen and oxygen atoms in total. The molecule has 18 heavy (non-hydrogen) atoms. The molecule has 1 aromatic carbocycles. The molecule has 5 heteroatoms. The highest BCUT2D eigenvalue weighted by Gasteiger charge is 2.11. The number of amides is 1. The Kier molecular flexibility index (Phi) is 3.43. The third kappa shape index (κ3) is 2.57. The second kappa shape index (κ2) is 5.18. The summed E-state index contributed by atoms with van der Waals surface area (Å²) in [6.45, 7) is -0.0108. The lowest BCUT2D eigenvalue weighted by molar-refractivity contribution is 0.0469. The van der Waals surface area contributed by atoms with Crippen LogP contribution in [0.4, 0.5) is 0 Å². The van der Waals surface area contributed by atoms with Crippen LogP contribution in [0.3, 0.4) is 0 Å². The summed E-state index contributed by atoms with van der Waals surface area (Å²) < 4.78 is 9.83. The number of ether oxygens (including phenoxy) is 1. The molecule has 92 valence electrons. The molecule has 0 aliphatic rings. The van der Waals surface area contributed by atoms with Crippen LogP contribution in [0.25, 0.3) is 0 Å². The molecule has 2 rings (SSSR count). The number of carbonyl (C=O) groups excluding carboxylic acids is 2. The van der Waals surface area contributed by atoms with Crippen LogP contribution >= 0.6 is 0 Å². The Labute approximate surface area is 103 Å². The van der Waals surface area contributed by atoms with E-state index < -0.39 is 11.9 Å². The lowest BCUT2D eigenvalue weighted by Crippen LogP contribution is -2.15. The van der Waals surface area contributed by atoms with Crippen molar-refractivity contribution in [3.8, 4) is 0 Å². The van der Waals surface area contributed by atoms with Crippen molar-refractivity contribution in [1.29, 1.82) is 0 Å². The third-order valence-electron chi connectivity index (χ3n) is 2.40. The van der Waals surface area contributed by atoms with E-state index in [2.05, 4.69) is 0 Å². The Balaban J connectivity index is 2.07. The van der Waals surface area contributed by atoms with Crippen molar-refractivity contribution in [3.63, 3.8) is 0 Å². The number of benzene rings is 1. The normalized spacial score (nSPS) is 10.0. The van der Waals surface area contributed by atoms with E-state index >= 15 is 0 Å². The highest BCUT2D eigenvalue weighted by molar-refractivity contribution is 5.94. The highest BCUT2D eigenvalue weighted by atomic mass is 16.5. The van der Waals surface area contributed by atoms with E-state index in [0.29, 0.717) is 16.7 Å². The van der Waals surface area contributed by atoms with E-state index in [-0.39, 0.29) is 6.61 Å². The van der Waals surface area contributed by atoms with Crippen LogP contribution in [0.15, 0.2) is 47.3 Å². The van der Waals surface area contributed by atoms with Gasteiger partial charge in [0.2, 0.25) is 5.91 Å². The molecule has 0 saturated carbocycles. The standard InChI is InChI=1S/C13H11NO4/c14-12(15)11-4-2-1-3-9(11)8-18-13(16)10-5-6-17-7-10/h1-7H,8H2,(H2,14,15). The average Bonchev–Trinajstić information content (AvgIpc) is 2.90. The fourth-order valence-electron chi connectivity index (χ4n) is 1.49. The molecule has 1 amide bonds. The number of primary amides is 1. The number of nitrogens with two attached hydrogens (primary N) is 1. The van der Waals surface area contributed by atoms with Gasteiger partial charge in [-0.05, 0) is 12.1 Å². The van der Waals surface area contributed by atoms with Crippen LogP contribution < -0.4 is 5.73 Å². The molecule has 0 unspecified atom stereocenters. The van der Waals surface area contributed by atoms with Crippen molar-refractivity contribution in [2.45, 2.75) is 6.61 Å². The quantitative estimate of drug-likeness (QED) is 0.831. The van der Waals surface area contributed by atoms with E-state index in [4.69, 9.17) is 14.9 Å². The minimum Gasteiger partial charge on any atom is -0.472 e. The maximum absolute atomic E-state index is 11.6. The largest absolute Gasteiger partial charge is 0.472 e. The zero-order valence-electron chi connectivity index (χ0n) is 9.46. The summed E-state index contributed by atoms with van der Waals surface area (Å²) in [6.07, 6.45) is 2.68. The summed E-state index contributed by atoms with van der Waals surface area (Å²) in [7, 11) is 0. The number of furan rings is 1. The number of esters is 1. The summed E-state index contributed by atoms with van der Waals surface area (Å²) >= 11 is 0. The van der Waals surface area contributed by atoms with Crippen LogP contribution in [0.2, 0.25) is 0 Å². The lowest BCUT2D eigenvalue weighted by atomic mass is 10.1. The maximum Gasteiger partial charge on any atom is 0.341 e. The first kappa shape index (κ1) is 11.9. The Morgan fingerprint density at radius 2 is 2.00 bits per heavy atom. The first-order valence-electron chi connectivity index (χ1n) is 5.25. The molecule has 0 aliphatic carbocycles. The van der Waals surface area contributed by atoms with Crippen molar-refractivity contribution in [3.05, 3.63) is 59.5 Å². The van der Waals surface area contributed by atoms with E-state index in [1.807, 2.05) is 0 Å². The van der Waals surface area contributed by atoms with Crippen LogP contribution in [0.1, 0.15) is 26.3 Å². The maximum atomic E-state index is 11.6. The van der Waals surface area contributed by atoms with Crippen molar-refractivity contribution >= 4 is 11.9 Å². The molecule has 0 radical (unpaired) electrons.